The lowest BCUT2D eigenvalue weighted by molar-refractivity contribution is 0.626. The fourth-order valence-corrected chi connectivity index (χ4v) is 1.05. The lowest BCUT2D eigenvalue weighted by Gasteiger charge is -1.97. The van der Waals surface area contributed by atoms with Crippen LogP contribution in [0.1, 0.15) is 12.0 Å². The average Bonchev–Trinajstić information content (AvgIpc) is 2.15. The number of rotatable bonds is 4. The number of halogens is 1. The molecule has 0 N–H and O–H groups in total. The van der Waals surface area contributed by atoms with Crippen molar-refractivity contribution in [3.63, 3.8) is 0 Å². The molecular weight excluding hydrogens is 169 g/mol. The first kappa shape index (κ1) is 9.55. The van der Waals surface area contributed by atoms with Crippen LogP contribution in [-0.4, -0.2) is 6.54 Å². The summed E-state index contributed by atoms with van der Waals surface area (Å²) in [6.07, 6.45) is 1.62. The van der Waals surface area contributed by atoms with Gasteiger partial charge in [0.15, 0.2) is 0 Å². The Balaban J connectivity index is 2.37. The molecular formula is C9H10FN3. The van der Waals surface area contributed by atoms with Crippen LogP contribution in [0, 0.1) is 5.82 Å². The molecule has 0 aromatic heterocycles. The van der Waals surface area contributed by atoms with Gasteiger partial charge in [0.2, 0.25) is 0 Å². The van der Waals surface area contributed by atoms with E-state index in [1.54, 1.807) is 12.1 Å². The molecule has 0 heterocycles. The van der Waals surface area contributed by atoms with E-state index in [-0.39, 0.29) is 5.82 Å². The maximum atomic E-state index is 12.5. The Morgan fingerprint density at radius 2 is 2.00 bits per heavy atom. The smallest absolute Gasteiger partial charge is 0.123 e. The highest BCUT2D eigenvalue weighted by molar-refractivity contribution is 5.15. The van der Waals surface area contributed by atoms with Crippen LogP contribution < -0.4 is 0 Å². The molecule has 0 bridgehead atoms. The molecule has 13 heavy (non-hydrogen) atoms. The molecule has 0 aliphatic carbocycles. The first-order valence-electron chi connectivity index (χ1n) is 4.08. The largest absolute Gasteiger partial charge is 0.207 e. The maximum absolute atomic E-state index is 12.5. The summed E-state index contributed by atoms with van der Waals surface area (Å²) in [5, 5.41) is 3.41. The van der Waals surface area contributed by atoms with E-state index in [0.29, 0.717) is 6.54 Å². The third kappa shape index (κ3) is 3.58. The van der Waals surface area contributed by atoms with Crippen LogP contribution in [0.15, 0.2) is 29.4 Å². The number of hydrogen-bond acceptors (Lipinski definition) is 1. The van der Waals surface area contributed by atoms with E-state index in [2.05, 4.69) is 10.0 Å². The number of benzene rings is 1. The van der Waals surface area contributed by atoms with Gasteiger partial charge < -0.3 is 0 Å². The highest BCUT2D eigenvalue weighted by atomic mass is 19.1. The molecule has 68 valence electrons. The van der Waals surface area contributed by atoms with Crippen molar-refractivity contribution in [1.82, 2.24) is 0 Å². The monoisotopic (exact) mass is 179 g/mol. The van der Waals surface area contributed by atoms with Crippen LogP contribution in [0.5, 0.6) is 0 Å². The van der Waals surface area contributed by atoms with Crippen molar-refractivity contribution in [3.8, 4) is 0 Å². The summed E-state index contributed by atoms with van der Waals surface area (Å²) < 4.78 is 12.5. The molecule has 0 saturated heterocycles. The second-order valence-corrected chi connectivity index (χ2v) is 2.68. The van der Waals surface area contributed by atoms with Gasteiger partial charge in [-0.25, -0.2) is 4.39 Å². The number of nitrogens with zero attached hydrogens (tertiary/aromatic N) is 3. The molecule has 0 saturated carbocycles. The third-order valence-electron chi connectivity index (χ3n) is 1.70. The van der Waals surface area contributed by atoms with Crippen LogP contribution in [0.4, 0.5) is 4.39 Å². The van der Waals surface area contributed by atoms with E-state index in [4.69, 9.17) is 5.53 Å². The second kappa shape index (κ2) is 5.17. The van der Waals surface area contributed by atoms with E-state index in [1.807, 2.05) is 0 Å². The number of aryl methyl sites for hydroxylation is 1. The second-order valence-electron chi connectivity index (χ2n) is 2.68. The SMILES string of the molecule is [N-]=[N+]=NCCCc1ccc(F)cc1. The molecule has 1 aromatic carbocycles. The summed E-state index contributed by atoms with van der Waals surface area (Å²) in [7, 11) is 0. The quantitative estimate of drug-likeness (QED) is 0.295. The maximum Gasteiger partial charge on any atom is 0.123 e. The molecule has 1 aromatic rings. The molecule has 0 aliphatic heterocycles. The molecule has 0 spiro atoms. The average molecular weight is 179 g/mol. The van der Waals surface area contributed by atoms with Crippen LogP contribution in [-0.2, 0) is 6.42 Å². The van der Waals surface area contributed by atoms with Gasteiger partial charge in [-0.1, -0.05) is 17.2 Å². The summed E-state index contributed by atoms with van der Waals surface area (Å²) in [6.45, 7) is 0.494. The lowest BCUT2D eigenvalue weighted by atomic mass is 10.1. The van der Waals surface area contributed by atoms with Gasteiger partial charge in [0.05, 0.1) is 0 Å². The highest BCUT2D eigenvalue weighted by Gasteiger charge is 1.92. The zero-order chi connectivity index (χ0) is 9.52. The summed E-state index contributed by atoms with van der Waals surface area (Å²) in [5.74, 6) is -0.223. The van der Waals surface area contributed by atoms with Crippen molar-refractivity contribution in [2.75, 3.05) is 6.54 Å². The summed E-state index contributed by atoms with van der Waals surface area (Å²) in [5.41, 5.74) is 9.07. The van der Waals surface area contributed by atoms with Crippen LogP contribution in [0.2, 0.25) is 0 Å². The van der Waals surface area contributed by atoms with Crippen molar-refractivity contribution in [2.45, 2.75) is 12.8 Å². The normalized spacial score (nSPS) is 9.31. The van der Waals surface area contributed by atoms with Crippen LogP contribution in [0.3, 0.4) is 0 Å². The van der Waals surface area contributed by atoms with Gasteiger partial charge in [0, 0.05) is 11.5 Å². The van der Waals surface area contributed by atoms with Gasteiger partial charge in [-0.15, -0.1) is 0 Å². The predicted octanol–water partition coefficient (Wildman–Crippen LogP) is 3.07. The zero-order valence-electron chi connectivity index (χ0n) is 7.15. The molecule has 0 amide bonds. The molecule has 0 aliphatic rings. The Bertz CT molecular complexity index is 301. The van der Waals surface area contributed by atoms with Crippen molar-refractivity contribution >= 4 is 0 Å². The molecule has 0 fully saturated rings. The third-order valence-corrected chi connectivity index (χ3v) is 1.70. The summed E-state index contributed by atoms with van der Waals surface area (Å²) >= 11 is 0. The Hall–Kier alpha value is -1.54. The van der Waals surface area contributed by atoms with Crippen molar-refractivity contribution in [1.29, 1.82) is 0 Å². The minimum absolute atomic E-state index is 0.223. The number of hydrogen-bond donors (Lipinski definition) is 0. The van der Waals surface area contributed by atoms with Gasteiger partial charge in [-0.3, -0.25) is 0 Å². The van der Waals surface area contributed by atoms with E-state index in [9.17, 15) is 4.39 Å². The Kier molecular flexibility index (Phi) is 3.79. The summed E-state index contributed by atoms with van der Waals surface area (Å²) in [4.78, 5) is 2.65. The molecule has 1 rings (SSSR count). The van der Waals surface area contributed by atoms with Gasteiger partial charge in [0.25, 0.3) is 0 Å². The molecule has 3 nitrogen and oxygen atoms in total. The minimum atomic E-state index is -0.223. The number of azide groups is 1. The van der Waals surface area contributed by atoms with Gasteiger partial charge in [-0.2, -0.15) is 0 Å². The van der Waals surface area contributed by atoms with E-state index in [0.717, 1.165) is 18.4 Å². The summed E-state index contributed by atoms with van der Waals surface area (Å²) in [6, 6.07) is 6.35. The molecule has 0 unspecified atom stereocenters. The zero-order valence-corrected chi connectivity index (χ0v) is 7.15. The van der Waals surface area contributed by atoms with Gasteiger partial charge in [-0.05, 0) is 36.1 Å². The fourth-order valence-electron chi connectivity index (χ4n) is 1.05. The molecule has 4 heteroatoms. The highest BCUT2D eigenvalue weighted by Crippen LogP contribution is 2.05. The fraction of sp³-hybridized carbons (Fsp3) is 0.333. The van der Waals surface area contributed by atoms with Gasteiger partial charge >= 0.3 is 0 Å². The Labute approximate surface area is 75.8 Å². The first-order valence-corrected chi connectivity index (χ1v) is 4.08. The van der Waals surface area contributed by atoms with Gasteiger partial charge in [0.1, 0.15) is 5.82 Å². The van der Waals surface area contributed by atoms with Crippen molar-refractivity contribution in [3.05, 3.63) is 46.1 Å². The topological polar surface area (TPSA) is 48.8 Å². The van der Waals surface area contributed by atoms with Crippen molar-refractivity contribution < 1.29 is 4.39 Å². The van der Waals surface area contributed by atoms with Crippen LogP contribution >= 0.6 is 0 Å². The Morgan fingerprint density at radius 1 is 1.31 bits per heavy atom. The first-order chi connectivity index (χ1) is 6.33. The standard InChI is InChI=1S/C9H10FN3/c10-9-5-3-8(4-6-9)2-1-7-12-13-11/h3-6H,1-2,7H2. The molecule has 0 radical (unpaired) electrons. The van der Waals surface area contributed by atoms with E-state index in [1.165, 1.54) is 12.1 Å². The molecule has 0 atom stereocenters. The Morgan fingerprint density at radius 3 is 2.62 bits per heavy atom. The van der Waals surface area contributed by atoms with E-state index < -0.39 is 0 Å². The predicted molar refractivity (Wildman–Crippen MR) is 48.7 cm³/mol. The van der Waals surface area contributed by atoms with Crippen molar-refractivity contribution in [2.24, 2.45) is 5.11 Å². The van der Waals surface area contributed by atoms with Crippen LogP contribution in [0.25, 0.3) is 10.4 Å². The van der Waals surface area contributed by atoms with E-state index >= 15 is 0 Å². The minimum Gasteiger partial charge on any atom is -0.207 e. The lowest BCUT2D eigenvalue weighted by Crippen LogP contribution is -1.87.